The Hall–Kier alpha value is -1.35. The third-order valence-corrected chi connectivity index (χ3v) is 4.69. The van der Waals surface area contributed by atoms with E-state index in [4.69, 9.17) is 0 Å². The number of aliphatic carboxylic acids is 1. The van der Waals surface area contributed by atoms with Crippen LogP contribution in [0.15, 0.2) is 30.3 Å². The summed E-state index contributed by atoms with van der Waals surface area (Å²) in [6.07, 6.45) is 2.73. The summed E-state index contributed by atoms with van der Waals surface area (Å²) in [6, 6.07) is 10.7. The van der Waals surface area contributed by atoms with Gasteiger partial charge in [-0.25, -0.2) is 0 Å². The van der Waals surface area contributed by atoms with Crippen LogP contribution in [0.4, 0.5) is 0 Å². The second-order valence-corrected chi connectivity index (χ2v) is 5.65. The van der Waals surface area contributed by atoms with E-state index in [1.807, 2.05) is 6.07 Å². The molecule has 1 aromatic rings. The fraction of sp³-hybridized carbons (Fsp3) is 0.588. The summed E-state index contributed by atoms with van der Waals surface area (Å²) in [5.74, 6) is -0.347. The lowest BCUT2D eigenvalue weighted by Crippen LogP contribution is -2.46. The Labute approximate surface area is 121 Å². The molecule has 1 aromatic carbocycles. The quantitative estimate of drug-likeness (QED) is 0.895. The van der Waals surface area contributed by atoms with Crippen molar-refractivity contribution in [1.82, 2.24) is 4.90 Å². The van der Waals surface area contributed by atoms with E-state index in [1.165, 1.54) is 5.56 Å². The molecule has 3 nitrogen and oxygen atoms in total. The minimum Gasteiger partial charge on any atom is -0.481 e. The summed E-state index contributed by atoms with van der Waals surface area (Å²) < 4.78 is 0. The molecule has 0 amide bonds. The largest absolute Gasteiger partial charge is 0.481 e. The maximum atomic E-state index is 11.5. The Morgan fingerprint density at radius 1 is 1.20 bits per heavy atom. The lowest BCUT2D eigenvalue weighted by molar-refractivity contribution is -0.145. The van der Waals surface area contributed by atoms with Crippen molar-refractivity contribution in [1.29, 1.82) is 0 Å². The van der Waals surface area contributed by atoms with Gasteiger partial charge in [0, 0.05) is 6.04 Å². The number of carbonyl (C=O) groups is 1. The number of carboxylic acids is 1. The first kappa shape index (κ1) is 15.0. The van der Waals surface area contributed by atoms with Gasteiger partial charge in [0.05, 0.1) is 5.92 Å². The van der Waals surface area contributed by atoms with Gasteiger partial charge in [0.15, 0.2) is 0 Å². The summed E-state index contributed by atoms with van der Waals surface area (Å²) in [5, 5.41) is 9.48. The van der Waals surface area contributed by atoms with Gasteiger partial charge in [-0.2, -0.15) is 0 Å². The SMILES string of the molecule is CCN(CC)C1CC(c2ccccc2)CCC1C(=O)O. The van der Waals surface area contributed by atoms with Crippen molar-refractivity contribution in [3.05, 3.63) is 35.9 Å². The molecule has 3 heteroatoms. The molecule has 1 fully saturated rings. The van der Waals surface area contributed by atoms with Crippen LogP contribution in [0.3, 0.4) is 0 Å². The molecule has 110 valence electrons. The fourth-order valence-electron chi connectivity index (χ4n) is 3.56. The van der Waals surface area contributed by atoms with Crippen molar-refractivity contribution in [3.8, 4) is 0 Å². The van der Waals surface area contributed by atoms with Gasteiger partial charge in [-0.1, -0.05) is 44.2 Å². The Morgan fingerprint density at radius 2 is 1.85 bits per heavy atom. The highest BCUT2D eigenvalue weighted by Gasteiger charge is 2.37. The van der Waals surface area contributed by atoms with Crippen LogP contribution in [0.5, 0.6) is 0 Å². The van der Waals surface area contributed by atoms with Crippen molar-refractivity contribution in [2.24, 2.45) is 5.92 Å². The van der Waals surface area contributed by atoms with E-state index in [-0.39, 0.29) is 12.0 Å². The topological polar surface area (TPSA) is 40.5 Å². The summed E-state index contributed by atoms with van der Waals surface area (Å²) in [6.45, 7) is 6.09. The average Bonchev–Trinajstić information content (AvgIpc) is 2.49. The lowest BCUT2D eigenvalue weighted by atomic mass is 9.75. The zero-order valence-corrected chi connectivity index (χ0v) is 12.5. The van der Waals surface area contributed by atoms with Gasteiger partial charge >= 0.3 is 5.97 Å². The normalized spacial score (nSPS) is 26.6. The van der Waals surface area contributed by atoms with Gasteiger partial charge < -0.3 is 10.0 Å². The van der Waals surface area contributed by atoms with Crippen LogP contribution in [0.2, 0.25) is 0 Å². The molecule has 3 unspecified atom stereocenters. The molecule has 1 aliphatic carbocycles. The Bertz CT molecular complexity index is 428. The van der Waals surface area contributed by atoms with Crippen molar-refractivity contribution in [2.45, 2.75) is 45.1 Å². The Balaban J connectivity index is 2.17. The third-order valence-electron chi connectivity index (χ3n) is 4.69. The van der Waals surface area contributed by atoms with Gasteiger partial charge in [0.2, 0.25) is 0 Å². The molecule has 0 saturated heterocycles. The monoisotopic (exact) mass is 275 g/mol. The summed E-state index contributed by atoms with van der Waals surface area (Å²) in [4.78, 5) is 13.8. The highest BCUT2D eigenvalue weighted by molar-refractivity contribution is 5.71. The number of hydrogen-bond acceptors (Lipinski definition) is 2. The molecule has 20 heavy (non-hydrogen) atoms. The number of rotatable bonds is 5. The molecule has 2 rings (SSSR count). The number of benzene rings is 1. The fourth-order valence-corrected chi connectivity index (χ4v) is 3.56. The molecule has 1 saturated carbocycles. The van der Waals surface area contributed by atoms with Crippen LogP contribution < -0.4 is 0 Å². The lowest BCUT2D eigenvalue weighted by Gasteiger charge is -2.40. The van der Waals surface area contributed by atoms with Crippen molar-refractivity contribution in [2.75, 3.05) is 13.1 Å². The smallest absolute Gasteiger partial charge is 0.308 e. The van der Waals surface area contributed by atoms with Gasteiger partial charge in [-0.05, 0) is 43.8 Å². The van der Waals surface area contributed by atoms with Crippen LogP contribution in [0.25, 0.3) is 0 Å². The number of carboxylic acid groups (broad SMARTS) is 1. The first-order valence-electron chi connectivity index (χ1n) is 7.69. The zero-order valence-electron chi connectivity index (χ0n) is 12.5. The molecule has 1 N–H and O–H groups in total. The molecule has 0 radical (unpaired) electrons. The van der Waals surface area contributed by atoms with Crippen LogP contribution in [0, 0.1) is 5.92 Å². The van der Waals surface area contributed by atoms with E-state index in [1.54, 1.807) is 0 Å². The standard InChI is InChI=1S/C17H25NO2/c1-3-18(4-2)16-12-14(10-11-15(16)17(19)20)13-8-6-5-7-9-13/h5-9,14-16H,3-4,10-12H2,1-2H3,(H,19,20). The highest BCUT2D eigenvalue weighted by atomic mass is 16.4. The molecule has 0 aromatic heterocycles. The first-order valence-corrected chi connectivity index (χ1v) is 7.69. The second-order valence-electron chi connectivity index (χ2n) is 5.65. The van der Waals surface area contributed by atoms with E-state index in [0.717, 1.165) is 32.4 Å². The van der Waals surface area contributed by atoms with E-state index in [2.05, 4.69) is 43.0 Å². The zero-order chi connectivity index (χ0) is 14.5. The molecule has 0 heterocycles. The van der Waals surface area contributed by atoms with Gasteiger partial charge in [0.1, 0.15) is 0 Å². The third kappa shape index (κ3) is 3.21. The summed E-state index contributed by atoms with van der Waals surface area (Å²) >= 11 is 0. The van der Waals surface area contributed by atoms with E-state index in [9.17, 15) is 9.90 Å². The predicted octanol–water partition coefficient (Wildman–Crippen LogP) is 3.37. The number of nitrogens with zero attached hydrogens (tertiary/aromatic N) is 1. The van der Waals surface area contributed by atoms with E-state index in [0.29, 0.717) is 5.92 Å². The molecule has 0 aliphatic heterocycles. The number of hydrogen-bond donors (Lipinski definition) is 1. The van der Waals surface area contributed by atoms with Crippen molar-refractivity contribution >= 4 is 5.97 Å². The maximum absolute atomic E-state index is 11.5. The predicted molar refractivity (Wildman–Crippen MR) is 80.9 cm³/mol. The molecule has 3 atom stereocenters. The molecular formula is C17H25NO2. The molecule has 0 spiro atoms. The summed E-state index contributed by atoms with van der Waals surface area (Å²) in [5.41, 5.74) is 1.36. The minimum absolute atomic E-state index is 0.168. The van der Waals surface area contributed by atoms with Crippen LogP contribution >= 0.6 is 0 Å². The second kappa shape index (κ2) is 6.89. The minimum atomic E-state index is -0.631. The Morgan fingerprint density at radius 3 is 2.40 bits per heavy atom. The molecule has 1 aliphatic rings. The summed E-state index contributed by atoms with van der Waals surface area (Å²) in [7, 11) is 0. The highest BCUT2D eigenvalue weighted by Crippen LogP contribution is 2.38. The van der Waals surface area contributed by atoms with Crippen LogP contribution in [-0.2, 0) is 4.79 Å². The van der Waals surface area contributed by atoms with E-state index >= 15 is 0 Å². The van der Waals surface area contributed by atoms with Crippen LogP contribution in [-0.4, -0.2) is 35.1 Å². The average molecular weight is 275 g/mol. The van der Waals surface area contributed by atoms with Gasteiger partial charge in [-0.3, -0.25) is 4.79 Å². The Kier molecular flexibility index (Phi) is 5.18. The van der Waals surface area contributed by atoms with Crippen LogP contribution in [0.1, 0.15) is 44.6 Å². The van der Waals surface area contributed by atoms with Crippen molar-refractivity contribution < 1.29 is 9.90 Å². The molecular weight excluding hydrogens is 250 g/mol. The maximum Gasteiger partial charge on any atom is 0.308 e. The molecule has 0 bridgehead atoms. The van der Waals surface area contributed by atoms with E-state index < -0.39 is 5.97 Å². The van der Waals surface area contributed by atoms with Gasteiger partial charge in [0.25, 0.3) is 0 Å². The first-order chi connectivity index (χ1) is 9.67. The van der Waals surface area contributed by atoms with Gasteiger partial charge in [-0.15, -0.1) is 0 Å². The van der Waals surface area contributed by atoms with Crippen molar-refractivity contribution in [3.63, 3.8) is 0 Å².